The number of pyridine rings is 1. The van der Waals surface area contributed by atoms with Crippen molar-refractivity contribution < 1.29 is 0 Å². The van der Waals surface area contributed by atoms with Gasteiger partial charge in [0.2, 0.25) is 0 Å². The summed E-state index contributed by atoms with van der Waals surface area (Å²) < 4.78 is 0. The van der Waals surface area contributed by atoms with E-state index in [1.165, 1.54) is 11.1 Å². The molecule has 1 N–H and O–H groups in total. The molecule has 0 fully saturated rings. The minimum atomic E-state index is 0.525. The lowest BCUT2D eigenvalue weighted by Gasteiger charge is -2.10. The summed E-state index contributed by atoms with van der Waals surface area (Å²) in [5.41, 5.74) is 2.46. The highest BCUT2D eigenvalue weighted by Gasteiger charge is 2.11. The molecule has 0 bridgehead atoms. The number of halogens is 2. The minimum absolute atomic E-state index is 0.525. The van der Waals surface area contributed by atoms with Crippen LogP contribution in [0, 0.1) is 13.8 Å². The average Bonchev–Trinajstić information content (AvgIpc) is 2.35. The van der Waals surface area contributed by atoms with Gasteiger partial charge in [-0.05, 0) is 31.5 Å². The molecule has 0 aliphatic heterocycles. The summed E-state index contributed by atoms with van der Waals surface area (Å²) in [6, 6.07) is 8.03. The molecule has 0 aliphatic rings. The van der Waals surface area contributed by atoms with Gasteiger partial charge in [-0.3, -0.25) is 0 Å². The predicted molar refractivity (Wildman–Crippen MR) is 83.8 cm³/mol. The van der Waals surface area contributed by atoms with E-state index in [1.54, 1.807) is 24.9 Å². The maximum Gasteiger partial charge on any atom is 0.146 e. The first-order valence-corrected chi connectivity index (χ1v) is 7.37. The largest absolute Gasteiger partial charge is 0.372 e. The van der Waals surface area contributed by atoms with Gasteiger partial charge in [0.25, 0.3) is 0 Å². The number of aromatic nitrogens is 1. The van der Waals surface area contributed by atoms with Crippen molar-refractivity contribution in [3.8, 4) is 0 Å². The molecule has 0 saturated carbocycles. The molecule has 1 heterocycles. The monoisotopic (exact) mass is 312 g/mol. The second kappa shape index (κ2) is 6.04. The Morgan fingerprint density at radius 1 is 1.11 bits per heavy atom. The maximum absolute atomic E-state index is 6.20. The van der Waals surface area contributed by atoms with E-state index in [1.807, 2.05) is 0 Å². The molecule has 0 unspecified atom stereocenters. The van der Waals surface area contributed by atoms with Gasteiger partial charge in [0, 0.05) is 11.9 Å². The molecular weight excluding hydrogens is 299 g/mol. The number of rotatable bonds is 3. The van der Waals surface area contributed by atoms with Crippen molar-refractivity contribution in [2.45, 2.75) is 23.8 Å². The van der Waals surface area contributed by atoms with Crippen molar-refractivity contribution in [3.63, 3.8) is 0 Å². The molecule has 0 amide bonds. The molecule has 19 heavy (non-hydrogen) atoms. The molecule has 0 spiro atoms. The molecular formula is C14H14Cl2N2S. The van der Waals surface area contributed by atoms with Crippen molar-refractivity contribution in [2.75, 3.05) is 12.4 Å². The smallest absolute Gasteiger partial charge is 0.146 e. The highest BCUT2D eigenvalue weighted by Crippen LogP contribution is 2.37. The van der Waals surface area contributed by atoms with E-state index in [9.17, 15) is 0 Å². The van der Waals surface area contributed by atoms with Crippen LogP contribution < -0.4 is 5.32 Å². The van der Waals surface area contributed by atoms with Crippen LogP contribution in [0.1, 0.15) is 11.1 Å². The molecule has 0 radical (unpaired) electrons. The number of nitrogens with one attached hydrogen (secondary N) is 1. The highest BCUT2D eigenvalue weighted by atomic mass is 35.5. The van der Waals surface area contributed by atoms with Gasteiger partial charge < -0.3 is 5.32 Å². The minimum Gasteiger partial charge on any atom is -0.372 e. The summed E-state index contributed by atoms with van der Waals surface area (Å²) in [6.07, 6.45) is 0. The molecule has 5 heteroatoms. The molecule has 0 aliphatic carbocycles. The molecule has 100 valence electrons. The summed E-state index contributed by atoms with van der Waals surface area (Å²) in [5.74, 6) is 0.637. The molecule has 1 aromatic heterocycles. The summed E-state index contributed by atoms with van der Waals surface area (Å²) in [6.45, 7) is 4.16. The van der Waals surface area contributed by atoms with E-state index in [0.29, 0.717) is 15.9 Å². The van der Waals surface area contributed by atoms with Gasteiger partial charge in [-0.2, -0.15) is 0 Å². The van der Waals surface area contributed by atoms with Crippen LogP contribution in [-0.4, -0.2) is 12.0 Å². The number of anilines is 1. The molecule has 0 saturated heterocycles. The third kappa shape index (κ3) is 3.35. The Balaban J connectivity index is 2.37. The molecule has 0 atom stereocenters. The zero-order valence-corrected chi connectivity index (χ0v) is 13.2. The second-order valence-electron chi connectivity index (χ2n) is 4.23. The van der Waals surface area contributed by atoms with Gasteiger partial charge in [0.1, 0.15) is 10.8 Å². The normalized spacial score (nSPS) is 10.6. The van der Waals surface area contributed by atoms with Gasteiger partial charge in [-0.15, -0.1) is 0 Å². The van der Waals surface area contributed by atoms with E-state index in [-0.39, 0.29) is 0 Å². The van der Waals surface area contributed by atoms with Gasteiger partial charge >= 0.3 is 0 Å². The average molecular weight is 313 g/mol. The van der Waals surface area contributed by atoms with Crippen molar-refractivity contribution in [1.29, 1.82) is 0 Å². The van der Waals surface area contributed by atoms with Crippen molar-refractivity contribution in [1.82, 2.24) is 4.98 Å². The second-order valence-corrected chi connectivity index (χ2v) is 6.07. The van der Waals surface area contributed by atoms with E-state index in [0.717, 1.165) is 9.92 Å². The topological polar surface area (TPSA) is 24.9 Å². The third-order valence-electron chi connectivity index (χ3n) is 2.67. The molecule has 2 rings (SSSR count). The van der Waals surface area contributed by atoms with Crippen LogP contribution in [0.5, 0.6) is 0 Å². The van der Waals surface area contributed by atoms with Crippen molar-refractivity contribution in [2.24, 2.45) is 0 Å². The van der Waals surface area contributed by atoms with Gasteiger partial charge in [-0.1, -0.05) is 52.7 Å². The fourth-order valence-electron chi connectivity index (χ4n) is 1.71. The molecule has 2 nitrogen and oxygen atoms in total. The molecule has 1 aromatic carbocycles. The van der Waals surface area contributed by atoms with Crippen LogP contribution in [-0.2, 0) is 0 Å². The number of aryl methyl sites for hydroxylation is 2. The van der Waals surface area contributed by atoms with Crippen LogP contribution in [0.15, 0.2) is 34.2 Å². The van der Waals surface area contributed by atoms with Gasteiger partial charge in [0.05, 0.1) is 10.0 Å². The fourth-order valence-corrected chi connectivity index (χ4v) is 3.14. The Morgan fingerprint density at radius 2 is 1.84 bits per heavy atom. The van der Waals surface area contributed by atoms with Crippen LogP contribution >= 0.6 is 35.0 Å². The fraction of sp³-hybridized carbons (Fsp3) is 0.214. The van der Waals surface area contributed by atoms with Crippen molar-refractivity contribution >= 4 is 40.8 Å². The van der Waals surface area contributed by atoms with Crippen LogP contribution in [0.2, 0.25) is 10.0 Å². The van der Waals surface area contributed by atoms with E-state index in [4.69, 9.17) is 23.2 Å². The number of benzene rings is 1. The lowest BCUT2D eigenvalue weighted by molar-refractivity contribution is 1.12. The van der Waals surface area contributed by atoms with Crippen LogP contribution in [0.4, 0.5) is 5.82 Å². The number of nitrogens with zero attached hydrogens (tertiary/aromatic N) is 1. The van der Waals surface area contributed by atoms with E-state index >= 15 is 0 Å². The Hall–Kier alpha value is -0.900. The van der Waals surface area contributed by atoms with Gasteiger partial charge in [0.15, 0.2) is 0 Å². The maximum atomic E-state index is 6.20. The molecule has 2 aromatic rings. The first-order valence-electron chi connectivity index (χ1n) is 5.80. The number of hydrogen-bond acceptors (Lipinski definition) is 3. The summed E-state index contributed by atoms with van der Waals surface area (Å²) in [4.78, 5) is 5.58. The summed E-state index contributed by atoms with van der Waals surface area (Å²) in [5, 5.41) is 4.80. The predicted octanol–water partition coefficient (Wildman–Crippen LogP) is 5.20. The standard InChI is InChI=1S/C14H14Cl2N2S/c1-8-4-5-12(9(2)6-8)19-14-11(16)7-10(15)13(17-3)18-14/h4-7H,1-3H3,(H,17,18). The lowest BCUT2D eigenvalue weighted by atomic mass is 10.2. The Labute approximate surface area is 127 Å². The Morgan fingerprint density at radius 3 is 2.47 bits per heavy atom. The van der Waals surface area contributed by atoms with E-state index < -0.39 is 0 Å². The van der Waals surface area contributed by atoms with Gasteiger partial charge in [-0.25, -0.2) is 4.98 Å². The van der Waals surface area contributed by atoms with Crippen molar-refractivity contribution in [3.05, 3.63) is 45.4 Å². The van der Waals surface area contributed by atoms with Crippen LogP contribution in [0.25, 0.3) is 0 Å². The zero-order chi connectivity index (χ0) is 14.0. The zero-order valence-electron chi connectivity index (χ0n) is 10.9. The first-order chi connectivity index (χ1) is 9.01. The highest BCUT2D eigenvalue weighted by molar-refractivity contribution is 7.99. The Kier molecular flexibility index (Phi) is 4.61. The third-order valence-corrected chi connectivity index (χ3v) is 4.54. The first kappa shape index (κ1) is 14.5. The quantitative estimate of drug-likeness (QED) is 0.843. The van der Waals surface area contributed by atoms with E-state index in [2.05, 4.69) is 42.3 Å². The van der Waals surface area contributed by atoms with Crippen LogP contribution in [0.3, 0.4) is 0 Å². The SMILES string of the molecule is CNc1nc(Sc2ccc(C)cc2C)c(Cl)cc1Cl. The summed E-state index contributed by atoms with van der Waals surface area (Å²) >= 11 is 13.8. The Bertz CT molecular complexity index is 615. The lowest BCUT2D eigenvalue weighted by Crippen LogP contribution is -1.95. The number of hydrogen-bond donors (Lipinski definition) is 1. The summed E-state index contributed by atoms with van der Waals surface area (Å²) in [7, 11) is 1.79.